The molecule has 5 nitrogen and oxygen atoms in total. The van der Waals surface area contributed by atoms with Crippen LogP contribution in [0.4, 0.5) is 5.82 Å². The molecule has 0 radical (unpaired) electrons. The van der Waals surface area contributed by atoms with E-state index in [9.17, 15) is 4.79 Å². The summed E-state index contributed by atoms with van der Waals surface area (Å²) < 4.78 is 1.75. The highest BCUT2D eigenvalue weighted by Crippen LogP contribution is 2.15. The zero-order valence-electron chi connectivity index (χ0n) is 9.19. The Morgan fingerprint density at radius 1 is 1.67 bits per heavy atom. The normalized spacial score (nSPS) is 11.2. The first-order chi connectivity index (χ1) is 7.07. The van der Waals surface area contributed by atoms with Gasteiger partial charge in [-0.3, -0.25) is 4.79 Å². The van der Waals surface area contributed by atoms with Crippen molar-refractivity contribution in [2.75, 3.05) is 5.73 Å². The van der Waals surface area contributed by atoms with Crippen molar-refractivity contribution >= 4 is 11.7 Å². The first-order valence-corrected chi connectivity index (χ1v) is 4.82. The second-order valence-corrected chi connectivity index (χ2v) is 3.45. The van der Waals surface area contributed by atoms with Crippen molar-refractivity contribution in [2.45, 2.75) is 26.8 Å². The fraction of sp³-hybridized carbons (Fsp3) is 0.400. The third kappa shape index (κ3) is 2.37. The molecule has 0 bridgehead atoms. The monoisotopic (exact) mass is 208 g/mol. The molecule has 0 aliphatic rings. The van der Waals surface area contributed by atoms with Crippen LogP contribution in [0.25, 0.3) is 0 Å². The van der Waals surface area contributed by atoms with Crippen molar-refractivity contribution < 1.29 is 4.79 Å². The molecule has 0 fully saturated rings. The van der Waals surface area contributed by atoms with E-state index in [0.29, 0.717) is 5.82 Å². The molecular formula is C10H16N4O. The lowest BCUT2D eigenvalue weighted by Crippen LogP contribution is -2.19. The van der Waals surface area contributed by atoms with Crippen LogP contribution in [0.1, 0.15) is 37.3 Å². The van der Waals surface area contributed by atoms with Crippen molar-refractivity contribution in [2.24, 2.45) is 0 Å². The molecule has 0 atom stereocenters. The first-order valence-electron chi connectivity index (χ1n) is 4.82. The minimum absolute atomic E-state index is 0.195. The standard InChI is InChI=1S/C10H16N4O/c1-4-5-12-10(15)8-9(11)14(6-13-8)7(2)3/h4-7H,11H2,1-3H3,(H,12,15)/b5-4-. The molecule has 1 aromatic heterocycles. The Balaban J connectivity index is 2.91. The highest BCUT2D eigenvalue weighted by molar-refractivity contribution is 5.97. The van der Waals surface area contributed by atoms with E-state index in [0.717, 1.165) is 0 Å². The van der Waals surface area contributed by atoms with Crippen LogP contribution in [0.15, 0.2) is 18.6 Å². The Hall–Kier alpha value is -1.78. The molecule has 3 N–H and O–H groups in total. The van der Waals surface area contributed by atoms with Crippen molar-refractivity contribution in [1.82, 2.24) is 14.9 Å². The van der Waals surface area contributed by atoms with Gasteiger partial charge in [-0.1, -0.05) is 6.08 Å². The molecule has 0 unspecified atom stereocenters. The van der Waals surface area contributed by atoms with E-state index in [4.69, 9.17) is 5.73 Å². The molecule has 1 heterocycles. The molecule has 5 heteroatoms. The van der Waals surface area contributed by atoms with E-state index in [-0.39, 0.29) is 17.6 Å². The zero-order chi connectivity index (χ0) is 11.4. The van der Waals surface area contributed by atoms with Crippen LogP contribution in [0.2, 0.25) is 0 Å². The molecule has 1 aromatic rings. The summed E-state index contributed by atoms with van der Waals surface area (Å²) in [5.41, 5.74) is 6.06. The van der Waals surface area contributed by atoms with E-state index in [1.165, 1.54) is 0 Å². The largest absolute Gasteiger partial charge is 0.383 e. The minimum Gasteiger partial charge on any atom is -0.383 e. The summed E-state index contributed by atoms with van der Waals surface area (Å²) >= 11 is 0. The third-order valence-corrected chi connectivity index (χ3v) is 1.98. The smallest absolute Gasteiger partial charge is 0.277 e. The number of imidazole rings is 1. The maximum Gasteiger partial charge on any atom is 0.277 e. The average molecular weight is 208 g/mol. The molecule has 0 spiro atoms. The number of carbonyl (C=O) groups is 1. The lowest BCUT2D eigenvalue weighted by Gasteiger charge is -2.08. The van der Waals surface area contributed by atoms with Crippen molar-refractivity contribution in [3.8, 4) is 0 Å². The summed E-state index contributed by atoms with van der Waals surface area (Å²) in [5.74, 6) is 0.108. The molecule has 82 valence electrons. The van der Waals surface area contributed by atoms with Crippen LogP contribution in [-0.2, 0) is 0 Å². The Labute approximate surface area is 89.0 Å². The van der Waals surface area contributed by atoms with Gasteiger partial charge in [-0.2, -0.15) is 0 Å². The van der Waals surface area contributed by atoms with Gasteiger partial charge in [0.15, 0.2) is 5.69 Å². The van der Waals surface area contributed by atoms with E-state index < -0.39 is 0 Å². The third-order valence-electron chi connectivity index (χ3n) is 1.98. The fourth-order valence-corrected chi connectivity index (χ4v) is 1.18. The SMILES string of the molecule is C/C=C\NC(=O)c1ncn(C(C)C)c1N. The van der Waals surface area contributed by atoms with Crippen LogP contribution in [0.5, 0.6) is 0 Å². The molecule has 0 aliphatic carbocycles. The number of nitrogen functional groups attached to an aromatic ring is 1. The van der Waals surface area contributed by atoms with Gasteiger partial charge in [0.1, 0.15) is 5.82 Å². The molecule has 1 rings (SSSR count). The predicted molar refractivity (Wildman–Crippen MR) is 59.3 cm³/mol. The summed E-state index contributed by atoms with van der Waals surface area (Å²) in [4.78, 5) is 15.5. The van der Waals surface area contributed by atoms with Crippen LogP contribution in [0.3, 0.4) is 0 Å². The number of nitrogens with one attached hydrogen (secondary N) is 1. The van der Waals surface area contributed by atoms with Gasteiger partial charge in [-0.25, -0.2) is 4.98 Å². The van der Waals surface area contributed by atoms with Gasteiger partial charge in [0, 0.05) is 6.04 Å². The number of rotatable bonds is 3. The minimum atomic E-state index is -0.287. The Kier molecular flexibility index (Phi) is 3.49. The summed E-state index contributed by atoms with van der Waals surface area (Å²) in [6, 6.07) is 0.195. The fourth-order valence-electron chi connectivity index (χ4n) is 1.18. The number of allylic oxidation sites excluding steroid dienone is 1. The zero-order valence-corrected chi connectivity index (χ0v) is 9.19. The van der Waals surface area contributed by atoms with Gasteiger partial charge in [-0.05, 0) is 27.0 Å². The van der Waals surface area contributed by atoms with Crippen molar-refractivity contribution in [3.05, 3.63) is 24.3 Å². The van der Waals surface area contributed by atoms with Crippen molar-refractivity contribution in [1.29, 1.82) is 0 Å². The number of amides is 1. The lowest BCUT2D eigenvalue weighted by molar-refractivity contribution is 0.0966. The summed E-state index contributed by atoms with van der Waals surface area (Å²) in [6.07, 6.45) is 4.86. The second-order valence-electron chi connectivity index (χ2n) is 3.45. The summed E-state index contributed by atoms with van der Waals surface area (Å²) in [7, 11) is 0. The van der Waals surface area contributed by atoms with Gasteiger partial charge in [0.2, 0.25) is 0 Å². The Morgan fingerprint density at radius 2 is 2.33 bits per heavy atom. The lowest BCUT2D eigenvalue weighted by atomic mass is 10.3. The van der Waals surface area contributed by atoms with Crippen LogP contribution in [0, 0.1) is 0 Å². The topological polar surface area (TPSA) is 72.9 Å². The van der Waals surface area contributed by atoms with E-state index in [1.54, 1.807) is 23.2 Å². The average Bonchev–Trinajstić information content (AvgIpc) is 2.56. The van der Waals surface area contributed by atoms with Gasteiger partial charge in [0.05, 0.1) is 6.33 Å². The number of nitrogens with zero attached hydrogens (tertiary/aromatic N) is 2. The maximum atomic E-state index is 11.5. The maximum absolute atomic E-state index is 11.5. The number of anilines is 1. The molecule has 15 heavy (non-hydrogen) atoms. The van der Waals surface area contributed by atoms with E-state index in [2.05, 4.69) is 10.3 Å². The summed E-state index contributed by atoms with van der Waals surface area (Å²) in [5, 5.41) is 2.57. The van der Waals surface area contributed by atoms with Gasteiger partial charge in [-0.15, -0.1) is 0 Å². The number of hydrogen-bond acceptors (Lipinski definition) is 3. The Bertz CT molecular complexity index is 379. The van der Waals surface area contributed by atoms with Gasteiger partial charge in [0.25, 0.3) is 5.91 Å². The van der Waals surface area contributed by atoms with E-state index >= 15 is 0 Å². The number of hydrogen-bond donors (Lipinski definition) is 2. The summed E-state index contributed by atoms with van der Waals surface area (Å²) in [6.45, 7) is 5.77. The highest BCUT2D eigenvalue weighted by atomic mass is 16.1. The molecule has 0 saturated heterocycles. The number of aromatic nitrogens is 2. The quantitative estimate of drug-likeness (QED) is 0.786. The van der Waals surface area contributed by atoms with Crippen LogP contribution < -0.4 is 11.1 Å². The van der Waals surface area contributed by atoms with Crippen molar-refractivity contribution in [3.63, 3.8) is 0 Å². The van der Waals surface area contributed by atoms with E-state index in [1.807, 2.05) is 20.8 Å². The molecule has 0 aliphatic heterocycles. The Morgan fingerprint density at radius 3 is 2.80 bits per heavy atom. The molecule has 0 aromatic carbocycles. The number of carbonyl (C=O) groups excluding carboxylic acids is 1. The number of nitrogens with two attached hydrogens (primary N) is 1. The first kappa shape index (κ1) is 11.3. The highest BCUT2D eigenvalue weighted by Gasteiger charge is 2.15. The van der Waals surface area contributed by atoms with Gasteiger partial charge < -0.3 is 15.6 Å². The molecular weight excluding hydrogens is 192 g/mol. The molecule has 1 amide bonds. The molecule has 0 saturated carbocycles. The van der Waals surface area contributed by atoms with Crippen LogP contribution in [-0.4, -0.2) is 15.5 Å². The van der Waals surface area contributed by atoms with Gasteiger partial charge >= 0.3 is 0 Å². The van der Waals surface area contributed by atoms with Crippen LogP contribution >= 0.6 is 0 Å². The predicted octanol–water partition coefficient (Wildman–Crippen LogP) is 1.31. The second kappa shape index (κ2) is 4.63.